The van der Waals surface area contributed by atoms with Gasteiger partial charge in [-0.25, -0.2) is 0 Å². The van der Waals surface area contributed by atoms with Crippen molar-refractivity contribution in [3.8, 4) is 0 Å². The normalized spacial score (nSPS) is 12.3. The predicted molar refractivity (Wildman–Crippen MR) is 146 cm³/mol. The first kappa shape index (κ1) is 30.2. The Hall–Kier alpha value is 0.240. The largest absolute Gasteiger partial charge is 0.357 e. The summed E-state index contributed by atoms with van der Waals surface area (Å²) in [6.07, 6.45) is 28.0. The fraction of sp³-hybridized carbons (Fsp3) is 0.963. The quantitative estimate of drug-likeness (QED) is 0.0923. The van der Waals surface area contributed by atoms with Gasteiger partial charge in [0.2, 0.25) is 0 Å². The number of thiocarbonyl (C=S) groups is 1. The average molecular weight is 458 g/mol. The molecule has 180 valence electrons. The molecular weight excluding hydrogens is 402 g/mol. The minimum absolute atomic E-state index is 0.774. The van der Waals surface area contributed by atoms with E-state index in [1.54, 1.807) is 0 Å². The minimum atomic E-state index is 0.774. The van der Waals surface area contributed by atoms with Gasteiger partial charge in [-0.05, 0) is 18.8 Å². The van der Waals surface area contributed by atoms with Gasteiger partial charge in [0.1, 0.15) is 4.32 Å². The lowest BCUT2D eigenvalue weighted by molar-refractivity contribution is 0.313. The van der Waals surface area contributed by atoms with Crippen molar-refractivity contribution in [2.75, 3.05) is 13.1 Å². The van der Waals surface area contributed by atoms with Crippen molar-refractivity contribution in [2.45, 2.75) is 149 Å². The van der Waals surface area contributed by atoms with Crippen LogP contribution in [0.5, 0.6) is 0 Å². The average Bonchev–Trinajstić information content (AvgIpc) is 2.74. The lowest BCUT2D eigenvalue weighted by Crippen LogP contribution is -2.32. The van der Waals surface area contributed by atoms with Gasteiger partial charge in [0.25, 0.3) is 0 Å². The van der Waals surface area contributed by atoms with Crippen LogP contribution < -0.4 is 0 Å². The van der Waals surface area contributed by atoms with Crippen LogP contribution in [-0.4, -0.2) is 22.3 Å². The van der Waals surface area contributed by atoms with Crippen LogP contribution in [0.15, 0.2) is 0 Å². The molecule has 0 aliphatic carbocycles. The highest BCUT2D eigenvalue weighted by atomic mass is 32.1. The van der Waals surface area contributed by atoms with Crippen molar-refractivity contribution in [2.24, 2.45) is 5.92 Å². The highest BCUT2D eigenvalue weighted by Gasteiger charge is 2.13. The van der Waals surface area contributed by atoms with E-state index in [-0.39, 0.29) is 0 Å². The van der Waals surface area contributed by atoms with Crippen molar-refractivity contribution in [3.63, 3.8) is 0 Å². The molecule has 3 heteroatoms. The van der Waals surface area contributed by atoms with Crippen LogP contribution in [-0.2, 0) is 0 Å². The molecule has 0 aromatic carbocycles. The predicted octanol–water partition coefficient (Wildman–Crippen LogP) is 9.98. The van der Waals surface area contributed by atoms with Gasteiger partial charge in [0, 0.05) is 13.1 Å². The SMILES string of the molecule is CCCCCCCCCCCCCCCCCCN(CC(CC)CCCC)C(=S)S. The van der Waals surface area contributed by atoms with E-state index in [4.69, 9.17) is 12.2 Å². The van der Waals surface area contributed by atoms with Crippen LogP contribution >= 0.6 is 24.8 Å². The highest BCUT2D eigenvalue weighted by Crippen LogP contribution is 2.17. The summed E-state index contributed by atoms with van der Waals surface area (Å²) in [7, 11) is 0. The summed E-state index contributed by atoms with van der Waals surface area (Å²) in [5.41, 5.74) is 0. The molecule has 1 nitrogen and oxygen atoms in total. The molecule has 1 atom stereocenters. The number of thiol groups is 1. The second-order valence-corrected chi connectivity index (χ2v) is 10.6. The van der Waals surface area contributed by atoms with Gasteiger partial charge in [-0.1, -0.05) is 149 Å². The highest BCUT2D eigenvalue weighted by molar-refractivity contribution is 8.10. The second-order valence-electron chi connectivity index (χ2n) is 9.45. The maximum atomic E-state index is 5.40. The molecule has 0 N–H and O–H groups in total. The Morgan fingerprint density at radius 1 is 0.633 bits per heavy atom. The third-order valence-electron chi connectivity index (χ3n) is 6.57. The summed E-state index contributed by atoms with van der Waals surface area (Å²) < 4.78 is 0.797. The van der Waals surface area contributed by atoms with E-state index >= 15 is 0 Å². The van der Waals surface area contributed by atoms with Gasteiger partial charge in [0.05, 0.1) is 0 Å². The van der Waals surface area contributed by atoms with E-state index in [2.05, 4.69) is 38.3 Å². The Morgan fingerprint density at radius 2 is 1.03 bits per heavy atom. The summed E-state index contributed by atoms with van der Waals surface area (Å²) in [6, 6.07) is 0. The number of nitrogens with zero attached hydrogens (tertiary/aromatic N) is 1. The molecule has 1 unspecified atom stereocenters. The molecule has 0 radical (unpaired) electrons. The van der Waals surface area contributed by atoms with Crippen molar-refractivity contribution in [3.05, 3.63) is 0 Å². The lowest BCUT2D eigenvalue weighted by atomic mass is 9.99. The zero-order chi connectivity index (χ0) is 22.3. The molecule has 0 spiro atoms. The van der Waals surface area contributed by atoms with E-state index in [9.17, 15) is 0 Å². The third-order valence-corrected chi connectivity index (χ3v) is 7.12. The van der Waals surface area contributed by atoms with Crippen LogP contribution in [0.3, 0.4) is 0 Å². The summed E-state index contributed by atoms with van der Waals surface area (Å²) in [4.78, 5) is 2.35. The molecule has 0 aromatic heterocycles. The molecule has 0 amide bonds. The Kier molecular flexibility index (Phi) is 24.1. The molecule has 0 aliphatic heterocycles. The molecule has 0 heterocycles. The Bertz CT molecular complexity index is 359. The van der Waals surface area contributed by atoms with Crippen LogP contribution in [0.4, 0.5) is 0 Å². The third kappa shape index (κ3) is 20.2. The lowest BCUT2D eigenvalue weighted by Gasteiger charge is -2.27. The van der Waals surface area contributed by atoms with Gasteiger partial charge < -0.3 is 4.90 Å². The molecular formula is C27H55NS2. The Balaban J connectivity index is 3.50. The van der Waals surface area contributed by atoms with E-state index in [1.807, 2.05) is 0 Å². The fourth-order valence-electron chi connectivity index (χ4n) is 4.34. The maximum Gasteiger partial charge on any atom is 0.133 e. The summed E-state index contributed by atoms with van der Waals surface area (Å²) in [5, 5.41) is 0. The zero-order valence-electron chi connectivity index (χ0n) is 20.9. The minimum Gasteiger partial charge on any atom is -0.357 e. The molecule has 0 aromatic rings. The number of hydrogen-bond donors (Lipinski definition) is 1. The Morgan fingerprint density at radius 3 is 1.40 bits per heavy atom. The molecule has 0 fully saturated rings. The second kappa shape index (κ2) is 23.9. The van der Waals surface area contributed by atoms with E-state index < -0.39 is 0 Å². The molecule has 30 heavy (non-hydrogen) atoms. The first-order valence-electron chi connectivity index (χ1n) is 13.6. The van der Waals surface area contributed by atoms with Crippen LogP contribution in [0, 0.1) is 5.92 Å². The van der Waals surface area contributed by atoms with Gasteiger partial charge in [0.15, 0.2) is 0 Å². The molecule has 0 rings (SSSR count). The number of unbranched alkanes of at least 4 members (excludes halogenated alkanes) is 16. The smallest absolute Gasteiger partial charge is 0.133 e. The van der Waals surface area contributed by atoms with E-state index in [0.717, 1.165) is 23.3 Å². The molecule has 0 bridgehead atoms. The monoisotopic (exact) mass is 457 g/mol. The number of hydrogen-bond acceptors (Lipinski definition) is 1. The van der Waals surface area contributed by atoms with E-state index in [0.29, 0.717) is 0 Å². The van der Waals surface area contributed by atoms with Crippen molar-refractivity contribution in [1.29, 1.82) is 0 Å². The van der Waals surface area contributed by atoms with Gasteiger partial charge in [-0.2, -0.15) is 0 Å². The molecule has 0 saturated carbocycles. The first-order valence-corrected chi connectivity index (χ1v) is 14.5. The molecule has 0 aliphatic rings. The van der Waals surface area contributed by atoms with Gasteiger partial charge in [-0.15, -0.1) is 12.6 Å². The van der Waals surface area contributed by atoms with Crippen molar-refractivity contribution < 1.29 is 0 Å². The summed E-state index contributed by atoms with van der Waals surface area (Å²) in [6.45, 7) is 9.10. The van der Waals surface area contributed by atoms with Crippen LogP contribution in [0.2, 0.25) is 0 Å². The van der Waals surface area contributed by atoms with Gasteiger partial charge in [-0.3, -0.25) is 0 Å². The van der Waals surface area contributed by atoms with E-state index in [1.165, 1.54) is 128 Å². The number of rotatable bonds is 23. The topological polar surface area (TPSA) is 3.24 Å². The summed E-state index contributed by atoms with van der Waals surface area (Å²) >= 11 is 9.88. The Labute approximate surface area is 202 Å². The van der Waals surface area contributed by atoms with Crippen LogP contribution in [0.25, 0.3) is 0 Å². The van der Waals surface area contributed by atoms with Gasteiger partial charge >= 0.3 is 0 Å². The first-order chi connectivity index (χ1) is 14.7. The maximum absolute atomic E-state index is 5.40. The van der Waals surface area contributed by atoms with Crippen LogP contribution in [0.1, 0.15) is 149 Å². The standard InChI is InChI=1S/C27H55NS2/c1-4-7-9-10-11-12-13-14-15-16-17-18-19-20-21-22-24-28(27(29)30)25-26(6-3)23-8-5-2/h26H,4-25H2,1-3H3,(H,29,30). The van der Waals surface area contributed by atoms with Crippen molar-refractivity contribution in [1.82, 2.24) is 4.90 Å². The summed E-state index contributed by atoms with van der Waals surface area (Å²) in [5.74, 6) is 0.774. The fourth-order valence-corrected chi connectivity index (χ4v) is 4.69. The zero-order valence-corrected chi connectivity index (χ0v) is 22.6. The van der Waals surface area contributed by atoms with Crippen molar-refractivity contribution >= 4 is 29.2 Å². The molecule has 0 saturated heterocycles.